The molecule has 1 aliphatic carbocycles. The number of aliphatic carboxylic acids is 1. The smallest absolute Gasteiger partial charge is 0.321 e. The molecule has 0 amide bonds. The molecule has 1 unspecified atom stereocenters. The SMILES string of the molecule is CC(C)C(C(=O)O)N(CCCO)C1CCC1. The van der Waals surface area contributed by atoms with Crippen molar-refractivity contribution >= 4 is 5.97 Å². The van der Waals surface area contributed by atoms with Gasteiger partial charge in [-0.3, -0.25) is 9.69 Å². The molecule has 2 N–H and O–H groups in total. The maximum atomic E-state index is 11.3. The summed E-state index contributed by atoms with van der Waals surface area (Å²) in [7, 11) is 0. The van der Waals surface area contributed by atoms with E-state index in [9.17, 15) is 9.90 Å². The van der Waals surface area contributed by atoms with Gasteiger partial charge in [0.1, 0.15) is 6.04 Å². The zero-order valence-corrected chi connectivity index (χ0v) is 10.2. The summed E-state index contributed by atoms with van der Waals surface area (Å²) in [5.74, 6) is -0.628. The fourth-order valence-electron chi connectivity index (χ4n) is 2.33. The maximum absolute atomic E-state index is 11.3. The molecule has 1 rings (SSSR count). The van der Waals surface area contributed by atoms with Gasteiger partial charge in [-0.05, 0) is 25.2 Å². The molecule has 4 heteroatoms. The molecule has 4 nitrogen and oxygen atoms in total. The molecule has 94 valence electrons. The number of hydrogen-bond acceptors (Lipinski definition) is 3. The van der Waals surface area contributed by atoms with Gasteiger partial charge < -0.3 is 10.2 Å². The highest BCUT2D eigenvalue weighted by molar-refractivity contribution is 5.73. The van der Waals surface area contributed by atoms with Gasteiger partial charge in [0.15, 0.2) is 0 Å². The Balaban J connectivity index is 2.66. The molecular weight excluding hydrogens is 206 g/mol. The van der Waals surface area contributed by atoms with Crippen molar-refractivity contribution in [1.29, 1.82) is 0 Å². The lowest BCUT2D eigenvalue weighted by Gasteiger charge is -2.42. The Morgan fingerprint density at radius 3 is 2.38 bits per heavy atom. The lowest BCUT2D eigenvalue weighted by molar-refractivity contribution is -0.147. The summed E-state index contributed by atoms with van der Waals surface area (Å²) in [5, 5.41) is 18.2. The highest BCUT2D eigenvalue weighted by Gasteiger charge is 2.35. The van der Waals surface area contributed by atoms with E-state index >= 15 is 0 Å². The van der Waals surface area contributed by atoms with Crippen LogP contribution in [0.1, 0.15) is 39.5 Å². The van der Waals surface area contributed by atoms with Crippen LogP contribution in [-0.2, 0) is 4.79 Å². The Morgan fingerprint density at radius 1 is 1.44 bits per heavy atom. The second kappa shape index (κ2) is 6.21. The molecule has 0 radical (unpaired) electrons. The number of carboxylic acids is 1. The first-order valence-electron chi connectivity index (χ1n) is 6.17. The van der Waals surface area contributed by atoms with Crippen LogP contribution in [-0.4, -0.2) is 46.3 Å². The summed E-state index contributed by atoms with van der Waals surface area (Å²) in [5.41, 5.74) is 0. The van der Waals surface area contributed by atoms with E-state index in [0.29, 0.717) is 19.0 Å². The molecule has 0 heterocycles. The minimum absolute atomic E-state index is 0.108. The van der Waals surface area contributed by atoms with Crippen LogP contribution in [0.15, 0.2) is 0 Å². The molecule has 0 aromatic rings. The number of carboxylic acid groups (broad SMARTS) is 1. The van der Waals surface area contributed by atoms with Crippen molar-refractivity contribution < 1.29 is 15.0 Å². The number of aliphatic hydroxyl groups excluding tert-OH is 1. The zero-order chi connectivity index (χ0) is 12.1. The quantitative estimate of drug-likeness (QED) is 0.691. The molecule has 1 aliphatic rings. The van der Waals surface area contributed by atoms with Gasteiger partial charge in [0.05, 0.1) is 0 Å². The van der Waals surface area contributed by atoms with E-state index in [0.717, 1.165) is 12.8 Å². The van der Waals surface area contributed by atoms with Crippen LogP contribution >= 0.6 is 0 Å². The number of carbonyl (C=O) groups is 1. The van der Waals surface area contributed by atoms with E-state index in [1.807, 2.05) is 13.8 Å². The van der Waals surface area contributed by atoms with Gasteiger partial charge in [0.2, 0.25) is 0 Å². The Hall–Kier alpha value is -0.610. The predicted octanol–water partition coefficient (Wildman–Crippen LogP) is 1.33. The molecule has 0 bridgehead atoms. The van der Waals surface area contributed by atoms with Crippen molar-refractivity contribution in [3.63, 3.8) is 0 Å². The molecular formula is C12H23NO3. The molecule has 0 spiro atoms. The van der Waals surface area contributed by atoms with Crippen molar-refractivity contribution in [2.75, 3.05) is 13.2 Å². The summed E-state index contributed by atoms with van der Waals surface area (Å²) in [6.45, 7) is 4.72. The predicted molar refractivity (Wildman–Crippen MR) is 62.3 cm³/mol. The Kier molecular flexibility index (Phi) is 5.22. The number of nitrogens with zero attached hydrogens (tertiary/aromatic N) is 1. The second-order valence-electron chi connectivity index (χ2n) is 4.93. The molecule has 1 atom stereocenters. The van der Waals surface area contributed by atoms with Crippen LogP contribution in [0.2, 0.25) is 0 Å². The highest BCUT2D eigenvalue weighted by Crippen LogP contribution is 2.28. The third-order valence-electron chi connectivity index (χ3n) is 3.36. The minimum Gasteiger partial charge on any atom is -0.480 e. The largest absolute Gasteiger partial charge is 0.480 e. The number of aliphatic hydroxyl groups is 1. The van der Waals surface area contributed by atoms with E-state index in [2.05, 4.69) is 4.90 Å². The number of hydrogen-bond donors (Lipinski definition) is 2. The Morgan fingerprint density at radius 2 is 2.06 bits per heavy atom. The minimum atomic E-state index is -0.736. The monoisotopic (exact) mass is 229 g/mol. The van der Waals surface area contributed by atoms with Gasteiger partial charge in [-0.25, -0.2) is 0 Å². The average molecular weight is 229 g/mol. The van der Waals surface area contributed by atoms with Crippen molar-refractivity contribution in [3.05, 3.63) is 0 Å². The summed E-state index contributed by atoms with van der Waals surface area (Å²) < 4.78 is 0. The first-order valence-corrected chi connectivity index (χ1v) is 6.17. The van der Waals surface area contributed by atoms with E-state index in [1.54, 1.807) is 0 Å². The van der Waals surface area contributed by atoms with Crippen LogP contribution in [0.4, 0.5) is 0 Å². The van der Waals surface area contributed by atoms with E-state index in [4.69, 9.17) is 5.11 Å². The van der Waals surface area contributed by atoms with Crippen LogP contribution in [0.5, 0.6) is 0 Å². The van der Waals surface area contributed by atoms with E-state index < -0.39 is 12.0 Å². The first-order chi connectivity index (χ1) is 7.57. The lowest BCUT2D eigenvalue weighted by Crippen LogP contribution is -2.52. The van der Waals surface area contributed by atoms with Crippen LogP contribution < -0.4 is 0 Å². The fraction of sp³-hybridized carbons (Fsp3) is 0.917. The topological polar surface area (TPSA) is 60.8 Å². The van der Waals surface area contributed by atoms with Crippen molar-refractivity contribution in [3.8, 4) is 0 Å². The third kappa shape index (κ3) is 3.19. The van der Waals surface area contributed by atoms with Gasteiger partial charge in [-0.15, -0.1) is 0 Å². The molecule has 0 saturated heterocycles. The normalized spacial score (nSPS) is 18.8. The van der Waals surface area contributed by atoms with Crippen molar-refractivity contribution in [2.24, 2.45) is 5.92 Å². The zero-order valence-electron chi connectivity index (χ0n) is 10.2. The molecule has 0 aliphatic heterocycles. The summed E-state index contributed by atoms with van der Waals surface area (Å²) in [4.78, 5) is 13.4. The first kappa shape index (κ1) is 13.5. The molecule has 0 aromatic carbocycles. The standard InChI is InChI=1S/C12H23NO3/c1-9(2)11(12(15)16)13(7-4-8-14)10-5-3-6-10/h9-11,14H,3-8H2,1-2H3,(H,15,16). The van der Waals surface area contributed by atoms with Gasteiger partial charge in [-0.1, -0.05) is 20.3 Å². The number of rotatable bonds is 7. The molecule has 16 heavy (non-hydrogen) atoms. The summed E-state index contributed by atoms with van der Waals surface area (Å²) in [6, 6.07) is 0.00639. The summed E-state index contributed by atoms with van der Waals surface area (Å²) in [6.07, 6.45) is 4.06. The van der Waals surface area contributed by atoms with Crippen molar-refractivity contribution in [1.82, 2.24) is 4.90 Å². The van der Waals surface area contributed by atoms with Gasteiger partial charge in [0, 0.05) is 19.2 Å². The second-order valence-corrected chi connectivity index (χ2v) is 4.93. The Bertz CT molecular complexity index is 226. The van der Waals surface area contributed by atoms with E-state index in [-0.39, 0.29) is 12.5 Å². The van der Waals surface area contributed by atoms with Gasteiger partial charge >= 0.3 is 5.97 Å². The Labute approximate surface area is 97.3 Å². The average Bonchev–Trinajstić information content (AvgIpc) is 2.09. The van der Waals surface area contributed by atoms with Gasteiger partial charge in [0.25, 0.3) is 0 Å². The van der Waals surface area contributed by atoms with Crippen LogP contribution in [0, 0.1) is 5.92 Å². The molecule has 1 fully saturated rings. The van der Waals surface area contributed by atoms with Crippen LogP contribution in [0.3, 0.4) is 0 Å². The van der Waals surface area contributed by atoms with Gasteiger partial charge in [-0.2, -0.15) is 0 Å². The van der Waals surface area contributed by atoms with E-state index in [1.165, 1.54) is 6.42 Å². The van der Waals surface area contributed by atoms with Crippen LogP contribution in [0.25, 0.3) is 0 Å². The van der Waals surface area contributed by atoms with Crippen molar-refractivity contribution in [2.45, 2.75) is 51.6 Å². The maximum Gasteiger partial charge on any atom is 0.321 e. The summed E-state index contributed by atoms with van der Waals surface area (Å²) >= 11 is 0. The lowest BCUT2D eigenvalue weighted by atomic mass is 9.88. The third-order valence-corrected chi connectivity index (χ3v) is 3.36. The highest BCUT2D eigenvalue weighted by atomic mass is 16.4. The fourth-order valence-corrected chi connectivity index (χ4v) is 2.33. The molecule has 0 aromatic heterocycles. The molecule has 1 saturated carbocycles.